The molecule has 0 radical (unpaired) electrons. The van der Waals surface area contributed by atoms with Crippen LogP contribution in [0.1, 0.15) is 27.1 Å². The van der Waals surface area contributed by atoms with Crippen molar-refractivity contribution in [1.29, 1.82) is 0 Å². The van der Waals surface area contributed by atoms with Crippen LogP contribution in [0.5, 0.6) is 5.75 Å². The minimum atomic E-state index is -1.38. The number of amides is 3. The second kappa shape index (κ2) is 8.25. The summed E-state index contributed by atoms with van der Waals surface area (Å²) < 4.78 is 0. The van der Waals surface area contributed by atoms with Gasteiger partial charge in [-0.25, -0.2) is 14.5 Å². The number of imide groups is 1. The number of hydrogen-bond donors (Lipinski definition) is 4. The fourth-order valence-electron chi connectivity index (χ4n) is 2.79. The summed E-state index contributed by atoms with van der Waals surface area (Å²) >= 11 is 0.624. The van der Waals surface area contributed by atoms with Crippen LogP contribution in [0.25, 0.3) is 0 Å². The SMILES string of the molecule is O=C(CC1SC(=O)N(c2cccc(O)c2)C1=O)Nc1cc(C(=O)O)ccc1C(=O)O. The molecule has 154 valence electrons. The molecular weight excluding hydrogens is 416 g/mol. The number of carbonyl (C=O) groups excluding carboxylic acids is 3. The highest BCUT2D eigenvalue weighted by Crippen LogP contribution is 2.34. The van der Waals surface area contributed by atoms with Crippen molar-refractivity contribution in [2.45, 2.75) is 11.7 Å². The van der Waals surface area contributed by atoms with E-state index < -0.39 is 40.7 Å². The molecule has 1 aliphatic rings. The lowest BCUT2D eigenvalue weighted by atomic mass is 10.1. The molecule has 4 N–H and O–H groups in total. The zero-order valence-electron chi connectivity index (χ0n) is 15.1. The predicted octanol–water partition coefficient (Wildman–Crippen LogP) is 2.39. The van der Waals surface area contributed by atoms with Crippen LogP contribution in [0.3, 0.4) is 0 Å². The monoisotopic (exact) mass is 430 g/mol. The molecule has 1 aliphatic heterocycles. The Morgan fingerprint density at radius 3 is 2.40 bits per heavy atom. The Hall–Kier alpha value is -3.86. The average molecular weight is 430 g/mol. The number of thioether (sulfide) groups is 1. The van der Waals surface area contributed by atoms with Gasteiger partial charge in [0.05, 0.1) is 22.5 Å². The summed E-state index contributed by atoms with van der Waals surface area (Å²) in [6.45, 7) is 0. The number of anilines is 2. The highest BCUT2D eigenvalue weighted by atomic mass is 32.2. The third-order valence-corrected chi connectivity index (χ3v) is 5.19. The Balaban J connectivity index is 1.76. The Morgan fingerprint density at radius 2 is 1.77 bits per heavy atom. The van der Waals surface area contributed by atoms with Crippen molar-refractivity contribution in [2.24, 2.45) is 0 Å². The first-order chi connectivity index (χ1) is 14.2. The molecule has 11 heteroatoms. The number of aromatic hydroxyl groups is 1. The minimum Gasteiger partial charge on any atom is -0.508 e. The van der Waals surface area contributed by atoms with Gasteiger partial charge in [0, 0.05) is 12.5 Å². The summed E-state index contributed by atoms with van der Waals surface area (Å²) in [7, 11) is 0. The fraction of sp³-hybridized carbons (Fsp3) is 0.105. The van der Waals surface area contributed by atoms with Gasteiger partial charge in [-0.2, -0.15) is 0 Å². The van der Waals surface area contributed by atoms with Crippen molar-refractivity contribution in [2.75, 3.05) is 10.2 Å². The third-order valence-electron chi connectivity index (χ3n) is 4.15. The molecule has 0 bridgehead atoms. The molecule has 0 aliphatic carbocycles. The summed E-state index contributed by atoms with van der Waals surface area (Å²) in [5.74, 6) is -4.26. The van der Waals surface area contributed by atoms with Gasteiger partial charge in [0.2, 0.25) is 11.8 Å². The van der Waals surface area contributed by atoms with E-state index in [1.165, 1.54) is 24.3 Å². The van der Waals surface area contributed by atoms with Gasteiger partial charge in [0.25, 0.3) is 5.24 Å². The molecule has 0 saturated carbocycles. The van der Waals surface area contributed by atoms with Crippen molar-refractivity contribution in [1.82, 2.24) is 0 Å². The lowest BCUT2D eigenvalue weighted by Gasteiger charge is -2.14. The maximum Gasteiger partial charge on any atom is 0.337 e. The molecule has 10 nitrogen and oxygen atoms in total. The number of carbonyl (C=O) groups is 5. The first-order valence-corrected chi connectivity index (χ1v) is 9.29. The number of benzene rings is 2. The van der Waals surface area contributed by atoms with Crippen LogP contribution in [0.4, 0.5) is 16.2 Å². The second-order valence-electron chi connectivity index (χ2n) is 6.19. The largest absolute Gasteiger partial charge is 0.508 e. The molecule has 1 unspecified atom stereocenters. The van der Waals surface area contributed by atoms with Gasteiger partial charge in [0.15, 0.2) is 0 Å². The predicted molar refractivity (Wildman–Crippen MR) is 106 cm³/mol. The quantitative estimate of drug-likeness (QED) is 0.539. The van der Waals surface area contributed by atoms with Crippen molar-refractivity contribution < 1.29 is 39.3 Å². The van der Waals surface area contributed by atoms with E-state index in [1.807, 2.05) is 0 Å². The van der Waals surface area contributed by atoms with E-state index >= 15 is 0 Å². The smallest absolute Gasteiger partial charge is 0.337 e. The maximum atomic E-state index is 12.6. The topological polar surface area (TPSA) is 161 Å². The van der Waals surface area contributed by atoms with E-state index in [1.54, 1.807) is 0 Å². The van der Waals surface area contributed by atoms with E-state index in [0.29, 0.717) is 11.8 Å². The Bertz CT molecular complexity index is 1080. The van der Waals surface area contributed by atoms with Gasteiger partial charge < -0.3 is 20.6 Å². The zero-order chi connectivity index (χ0) is 22.0. The number of phenolic OH excluding ortho intramolecular Hbond substituents is 1. The van der Waals surface area contributed by atoms with Gasteiger partial charge in [-0.1, -0.05) is 6.07 Å². The van der Waals surface area contributed by atoms with Gasteiger partial charge in [0.1, 0.15) is 11.0 Å². The van der Waals surface area contributed by atoms with Crippen LogP contribution in [0.15, 0.2) is 42.5 Å². The molecule has 1 heterocycles. The van der Waals surface area contributed by atoms with Crippen molar-refractivity contribution in [3.63, 3.8) is 0 Å². The molecular formula is C19H14N2O8S. The summed E-state index contributed by atoms with van der Waals surface area (Å²) in [6.07, 6.45) is -0.444. The van der Waals surface area contributed by atoms with Gasteiger partial charge in [-0.3, -0.25) is 14.4 Å². The zero-order valence-corrected chi connectivity index (χ0v) is 15.9. The molecule has 2 aromatic carbocycles. The molecule has 30 heavy (non-hydrogen) atoms. The van der Waals surface area contributed by atoms with Crippen LogP contribution in [-0.2, 0) is 9.59 Å². The highest BCUT2D eigenvalue weighted by molar-refractivity contribution is 8.15. The van der Waals surface area contributed by atoms with E-state index in [9.17, 15) is 34.2 Å². The van der Waals surface area contributed by atoms with Crippen LogP contribution in [-0.4, -0.2) is 49.6 Å². The van der Waals surface area contributed by atoms with Gasteiger partial charge >= 0.3 is 11.9 Å². The lowest BCUT2D eigenvalue weighted by Crippen LogP contribution is -2.33. The van der Waals surface area contributed by atoms with Crippen molar-refractivity contribution in [3.8, 4) is 5.75 Å². The normalized spacial score (nSPS) is 15.9. The lowest BCUT2D eigenvalue weighted by molar-refractivity contribution is -0.121. The molecule has 1 fully saturated rings. The van der Waals surface area contributed by atoms with E-state index in [-0.39, 0.29) is 28.3 Å². The number of phenols is 1. The number of nitrogens with zero attached hydrogens (tertiary/aromatic N) is 1. The number of carboxylic acids is 2. The summed E-state index contributed by atoms with van der Waals surface area (Å²) in [5, 5.41) is 28.4. The van der Waals surface area contributed by atoms with E-state index in [2.05, 4.69) is 5.32 Å². The number of aromatic carboxylic acids is 2. The fourth-order valence-corrected chi connectivity index (χ4v) is 3.77. The molecule has 1 atom stereocenters. The molecule has 3 rings (SSSR count). The van der Waals surface area contributed by atoms with Gasteiger partial charge in [-0.05, 0) is 42.1 Å². The highest BCUT2D eigenvalue weighted by Gasteiger charge is 2.41. The molecule has 0 spiro atoms. The van der Waals surface area contributed by atoms with Gasteiger partial charge in [-0.15, -0.1) is 0 Å². The number of carboxylic acid groups (broad SMARTS) is 2. The molecule has 0 aromatic heterocycles. The average Bonchev–Trinajstić information content (AvgIpc) is 2.94. The maximum absolute atomic E-state index is 12.6. The van der Waals surface area contributed by atoms with Crippen molar-refractivity contribution in [3.05, 3.63) is 53.6 Å². The Morgan fingerprint density at radius 1 is 1.03 bits per heavy atom. The van der Waals surface area contributed by atoms with Crippen LogP contribution in [0, 0.1) is 0 Å². The van der Waals surface area contributed by atoms with E-state index in [0.717, 1.165) is 23.1 Å². The van der Waals surface area contributed by atoms with Crippen LogP contribution >= 0.6 is 11.8 Å². The van der Waals surface area contributed by atoms with Crippen molar-refractivity contribution >= 4 is 52.1 Å². The molecule has 1 saturated heterocycles. The summed E-state index contributed by atoms with van der Waals surface area (Å²) in [4.78, 5) is 60.5. The summed E-state index contributed by atoms with van der Waals surface area (Å²) in [5.41, 5.74) is -0.634. The van der Waals surface area contributed by atoms with Crippen LogP contribution in [0.2, 0.25) is 0 Å². The first kappa shape index (κ1) is 20.9. The number of rotatable bonds is 6. The Labute approximate surface area is 173 Å². The van der Waals surface area contributed by atoms with E-state index in [4.69, 9.17) is 5.11 Å². The van der Waals surface area contributed by atoms with Crippen LogP contribution < -0.4 is 10.2 Å². The number of hydrogen-bond acceptors (Lipinski definition) is 7. The Kier molecular flexibility index (Phi) is 5.74. The molecule has 3 amide bonds. The summed E-state index contributed by atoms with van der Waals surface area (Å²) in [6, 6.07) is 8.65. The molecule has 2 aromatic rings. The second-order valence-corrected chi connectivity index (χ2v) is 7.34. The minimum absolute atomic E-state index is 0.140. The standard InChI is InChI=1S/C19H14N2O8S/c22-11-3-1-2-10(7-11)21-16(24)14(30-19(21)29)8-15(23)20-13-6-9(17(25)26)4-5-12(13)18(27)28/h1-7,14,22H,8H2,(H,20,23)(H,25,26)(H,27,28). The number of nitrogens with one attached hydrogen (secondary N) is 1. The first-order valence-electron chi connectivity index (χ1n) is 8.41. The third kappa shape index (κ3) is 4.25.